The van der Waals surface area contributed by atoms with Gasteiger partial charge in [0.1, 0.15) is 22.3 Å². The number of benzene rings is 7. The topological polar surface area (TPSA) is 52.6 Å². The molecule has 2 aromatic heterocycles. The third-order valence-corrected chi connectivity index (χ3v) is 20.7. The van der Waals surface area contributed by atoms with E-state index in [-0.39, 0.29) is 55.2 Å². The summed E-state index contributed by atoms with van der Waals surface area (Å²) in [6.45, 7) is 55.9. The fraction of sp³-hybridized carbons (Fsp3) is 0.447. The van der Waals surface area contributed by atoms with Gasteiger partial charge in [0.2, 0.25) is 0 Å². The highest BCUT2D eigenvalue weighted by molar-refractivity contribution is 7.46. The Bertz CT molecular complexity index is 3740. The van der Waals surface area contributed by atoms with Gasteiger partial charge in [-0.15, -0.1) is 0 Å². The first kappa shape index (κ1) is 58.1. The number of hydrogen-bond donors (Lipinski definition) is 0. The number of rotatable bonds is 2. The van der Waals surface area contributed by atoms with E-state index in [0.717, 1.165) is 54.5 Å². The Morgan fingerprint density at radius 2 is 0.512 bits per heavy atom. The van der Waals surface area contributed by atoms with E-state index >= 15 is 0 Å². The maximum atomic E-state index is 7.89. The van der Waals surface area contributed by atoms with E-state index in [1.54, 1.807) is 0 Å². The largest absolute Gasteiger partial charge is 0.415 e. The van der Waals surface area contributed by atoms with Gasteiger partial charge in [0.15, 0.2) is 0 Å². The smallest absolute Gasteiger partial charge is 0.253 e. The Morgan fingerprint density at radius 1 is 0.268 bits per heavy atom. The van der Waals surface area contributed by atoms with Crippen molar-refractivity contribution in [1.82, 2.24) is 0 Å². The fourth-order valence-corrected chi connectivity index (χ4v) is 16.1. The van der Waals surface area contributed by atoms with Crippen molar-refractivity contribution in [2.45, 2.75) is 221 Å². The average molecular weight is 1130 g/mol. The molecule has 3 aliphatic rings. The van der Waals surface area contributed by atoms with E-state index in [9.17, 15) is 0 Å². The third-order valence-electron chi connectivity index (χ3n) is 17.8. The molecular weight excluding hydrogens is 1040 g/mol. The zero-order valence-electron chi connectivity index (χ0n) is 54.1. The molecule has 4 nitrogen and oxygen atoms in total. The highest BCUT2D eigenvalue weighted by Crippen LogP contribution is 2.64. The second kappa shape index (κ2) is 18.9. The van der Waals surface area contributed by atoms with Crippen LogP contribution in [-0.2, 0) is 43.3 Å². The lowest BCUT2D eigenvalue weighted by Gasteiger charge is -2.43. The summed E-state index contributed by atoms with van der Waals surface area (Å²) < 4.78 is 31.6. The van der Waals surface area contributed by atoms with Crippen molar-refractivity contribution in [3.8, 4) is 10.6 Å². The van der Waals surface area contributed by atoms with Gasteiger partial charge in [-0.2, -0.15) is 0 Å². The van der Waals surface area contributed by atoms with Crippen LogP contribution >= 0.6 is 16.0 Å². The molecule has 2 heterocycles. The summed E-state index contributed by atoms with van der Waals surface area (Å²) in [5, 5.41) is 6.65. The average Bonchev–Trinajstić information content (AvgIpc) is 1.71. The van der Waals surface area contributed by atoms with Gasteiger partial charge >= 0.3 is 0 Å². The third kappa shape index (κ3) is 9.86. The molecule has 0 radical (unpaired) electrons. The summed E-state index contributed by atoms with van der Waals surface area (Å²) in [7, 11) is -3.58. The van der Waals surface area contributed by atoms with Gasteiger partial charge in [0.25, 0.3) is 16.0 Å². The van der Waals surface area contributed by atoms with Gasteiger partial charge in [0.05, 0.1) is 10.6 Å². The van der Waals surface area contributed by atoms with E-state index in [1.165, 1.54) is 77.9 Å². The fourth-order valence-electron chi connectivity index (χ4n) is 12.8. The maximum absolute atomic E-state index is 7.89. The minimum Gasteiger partial charge on any atom is -0.415 e. The first-order valence-electron chi connectivity index (χ1n) is 30.2. The molecule has 0 amide bonds. The van der Waals surface area contributed by atoms with Gasteiger partial charge in [0, 0.05) is 55.6 Å². The van der Waals surface area contributed by atoms with E-state index in [0.29, 0.717) is 0 Å². The van der Waals surface area contributed by atoms with Crippen molar-refractivity contribution in [3.05, 3.63) is 187 Å². The Labute approximate surface area is 493 Å². The molecule has 3 aliphatic carbocycles. The lowest BCUT2D eigenvalue weighted by molar-refractivity contribution is 0.555. The molecule has 82 heavy (non-hydrogen) atoms. The normalized spacial score (nSPS) is 16.0. The molecule has 0 atom stereocenters. The van der Waals surface area contributed by atoms with Crippen LogP contribution in [0.5, 0.6) is 0 Å². The SMILES string of the molecule is CC(C)(C)c1cc(C(C)(C)C)c2op(-c3cccc4c3C3c5ccccc5C4c4cccc(-p5oc6c(C(C)(C)C)cc(C(C)(C)C)cc6c6cc(C(C)(C)C)cc(C(C)(C)C)c6o5)c43)oc3c(C(C)(C)C)cc(C(C)(C)C)cc3c2c1. The highest BCUT2D eigenvalue weighted by Gasteiger charge is 2.45. The van der Waals surface area contributed by atoms with Gasteiger partial charge < -0.3 is 16.8 Å². The Balaban J connectivity index is 1.30. The second-order valence-electron chi connectivity index (χ2n) is 32.5. The zero-order chi connectivity index (χ0) is 59.7. The second-order valence-corrected chi connectivity index (χ2v) is 35.3. The van der Waals surface area contributed by atoms with E-state index in [4.69, 9.17) is 16.8 Å². The molecule has 0 fully saturated rings. The molecule has 9 aromatic rings. The van der Waals surface area contributed by atoms with Gasteiger partial charge in [-0.1, -0.05) is 239 Å². The van der Waals surface area contributed by atoms with E-state index in [1.807, 2.05) is 0 Å². The molecule has 0 saturated carbocycles. The van der Waals surface area contributed by atoms with Gasteiger partial charge in [-0.25, -0.2) is 0 Å². The molecular formula is C76H92O4P2. The van der Waals surface area contributed by atoms with Crippen molar-refractivity contribution >= 4 is 59.9 Å². The van der Waals surface area contributed by atoms with Crippen LogP contribution < -0.4 is 0 Å². The van der Waals surface area contributed by atoms with Crippen LogP contribution in [0.4, 0.5) is 0 Å². The first-order valence-corrected chi connectivity index (χ1v) is 32.5. The summed E-state index contributed by atoms with van der Waals surface area (Å²) in [6, 6.07) is 42.5. The molecule has 0 saturated heterocycles. The van der Waals surface area contributed by atoms with Crippen LogP contribution in [0, 0.1) is 0 Å². The van der Waals surface area contributed by atoms with E-state index < -0.39 is 16.0 Å². The van der Waals surface area contributed by atoms with E-state index in [2.05, 4.69) is 275 Å². The van der Waals surface area contributed by atoms with Gasteiger partial charge in [-0.05, 0) is 135 Å². The standard InChI is InChI=1S/C76H92O4P2/c1-69(2,3)43-35-51-52-36-44(70(4,5)6)40-56(74(16,17)18)66(52)78-81(77-65(51)55(39-43)73(13,14)15)59-33-27-31-49-61-47-29-25-26-30-48(47)64(62(49)59)63-50(61)32-28-34-60(63)82-79-67-53(37-45(71(7,8)9)41-57(67)75(19,20)21)54-38-46(72(10,11)12)42-58(68(54)80-82)76(22,23)24/h25-42,61,64H,1-24H3. The molecule has 7 aromatic carbocycles. The van der Waals surface area contributed by atoms with Crippen molar-refractivity contribution in [2.75, 3.05) is 0 Å². The van der Waals surface area contributed by atoms with Crippen molar-refractivity contribution < 1.29 is 16.8 Å². The summed E-state index contributed by atoms with van der Waals surface area (Å²) in [5.74, 6) is -0.203. The summed E-state index contributed by atoms with van der Waals surface area (Å²) in [5.41, 5.74) is 20.0. The molecule has 0 N–H and O–H groups in total. The number of fused-ring (bicyclic) bond motifs is 6. The summed E-state index contributed by atoms with van der Waals surface area (Å²) in [4.78, 5) is 0. The van der Waals surface area contributed by atoms with Gasteiger partial charge in [-0.3, -0.25) is 0 Å². The molecule has 0 unspecified atom stereocenters. The minimum atomic E-state index is -1.79. The van der Waals surface area contributed by atoms with Crippen LogP contribution in [0.15, 0.2) is 126 Å². The Hall–Kier alpha value is -5.66. The van der Waals surface area contributed by atoms with Crippen LogP contribution in [0.2, 0.25) is 0 Å². The summed E-state index contributed by atoms with van der Waals surface area (Å²) >= 11 is 0. The van der Waals surface area contributed by atoms with Crippen LogP contribution in [-0.4, -0.2) is 0 Å². The Kier molecular flexibility index (Phi) is 13.4. The quantitative estimate of drug-likeness (QED) is 0.173. The molecule has 6 heteroatoms. The van der Waals surface area contributed by atoms with Crippen molar-refractivity contribution in [2.24, 2.45) is 0 Å². The lowest BCUT2D eigenvalue weighted by Crippen LogP contribution is -2.28. The molecule has 0 aliphatic heterocycles. The predicted octanol–water partition coefficient (Wildman–Crippen LogP) is 24.2. The molecule has 2 bridgehead atoms. The summed E-state index contributed by atoms with van der Waals surface area (Å²) in [6.07, 6.45) is 0. The van der Waals surface area contributed by atoms with Crippen LogP contribution in [0.1, 0.15) is 256 Å². The first-order chi connectivity index (χ1) is 37.7. The highest BCUT2D eigenvalue weighted by atomic mass is 31.1. The lowest BCUT2D eigenvalue weighted by atomic mass is 9.61. The van der Waals surface area contributed by atoms with Crippen LogP contribution in [0.3, 0.4) is 0 Å². The zero-order valence-corrected chi connectivity index (χ0v) is 55.9. The number of hydrogen-bond acceptors (Lipinski definition) is 4. The molecule has 12 rings (SSSR count). The minimum absolute atomic E-state index is 0.0351. The maximum Gasteiger partial charge on any atom is 0.253 e. The van der Waals surface area contributed by atoms with Crippen molar-refractivity contribution in [1.29, 1.82) is 0 Å². The molecule has 0 spiro atoms. The predicted molar refractivity (Wildman–Crippen MR) is 353 cm³/mol. The van der Waals surface area contributed by atoms with Crippen molar-refractivity contribution in [3.63, 3.8) is 0 Å². The Morgan fingerprint density at radius 3 is 0.756 bits per heavy atom. The molecule has 430 valence electrons. The monoisotopic (exact) mass is 1130 g/mol. The van der Waals surface area contributed by atoms with Crippen LogP contribution in [0.25, 0.3) is 54.5 Å².